The van der Waals surface area contributed by atoms with E-state index in [0.717, 1.165) is 22.4 Å². The number of rotatable bonds is 0. The molecule has 0 aromatic heterocycles. The molecule has 22 heavy (non-hydrogen) atoms. The number of Topliss-reactive ketones (excluding diaryl/α,β-unsaturated/α-hetero) is 1. The summed E-state index contributed by atoms with van der Waals surface area (Å²) in [6.07, 6.45) is 0.489. The molecular weight excluding hydrogens is 298 g/mol. The standard InChI is InChI=1S/C18H12ClNO2/c1-9-6-15-12(8-14(9)19)16(18(22)20-15)13-7-10-4-2-3-5-11(10)17(13)21/h2-6,8H,7H2,1H3,(H,20,22)/b16-13+. The van der Waals surface area contributed by atoms with Gasteiger partial charge in [0.25, 0.3) is 5.91 Å². The molecule has 0 unspecified atom stereocenters. The molecule has 0 radical (unpaired) electrons. The molecule has 0 bridgehead atoms. The Morgan fingerprint density at radius 3 is 2.64 bits per heavy atom. The number of halogens is 1. The number of anilines is 1. The maximum absolute atomic E-state index is 12.6. The molecule has 1 amide bonds. The molecule has 1 heterocycles. The van der Waals surface area contributed by atoms with Crippen molar-refractivity contribution in [2.24, 2.45) is 0 Å². The second kappa shape index (κ2) is 4.55. The first-order valence-electron chi connectivity index (χ1n) is 7.04. The van der Waals surface area contributed by atoms with Gasteiger partial charge in [0.15, 0.2) is 5.78 Å². The molecule has 1 aliphatic carbocycles. The maximum Gasteiger partial charge on any atom is 0.256 e. The van der Waals surface area contributed by atoms with Crippen LogP contribution in [0, 0.1) is 6.92 Å². The Bertz CT molecular complexity index is 896. The first-order chi connectivity index (χ1) is 10.6. The minimum absolute atomic E-state index is 0.0645. The minimum atomic E-state index is -0.229. The van der Waals surface area contributed by atoms with Crippen LogP contribution in [0.4, 0.5) is 5.69 Å². The van der Waals surface area contributed by atoms with Crippen LogP contribution in [-0.4, -0.2) is 11.7 Å². The highest BCUT2D eigenvalue weighted by molar-refractivity contribution is 6.39. The smallest absolute Gasteiger partial charge is 0.256 e. The van der Waals surface area contributed by atoms with E-state index in [2.05, 4.69) is 5.32 Å². The molecule has 4 rings (SSSR count). The van der Waals surface area contributed by atoms with Crippen LogP contribution in [0.5, 0.6) is 0 Å². The zero-order valence-corrected chi connectivity index (χ0v) is 12.6. The van der Waals surface area contributed by atoms with Crippen molar-refractivity contribution < 1.29 is 9.59 Å². The zero-order chi connectivity index (χ0) is 15.4. The fourth-order valence-corrected chi connectivity index (χ4v) is 3.29. The number of hydrogen-bond acceptors (Lipinski definition) is 2. The van der Waals surface area contributed by atoms with E-state index >= 15 is 0 Å². The molecule has 1 N–H and O–H groups in total. The van der Waals surface area contributed by atoms with Crippen LogP contribution in [-0.2, 0) is 11.2 Å². The van der Waals surface area contributed by atoms with Gasteiger partial charge < -0.3 is 5.32 Å². The van der Waals surface area contributed by atoms with Gasteiger partial charge in [-0.3, -0.25) is 9.59 Å². The summed E-state index contributed by atoms with van der Waals surface area (Å²) in [5.41, 5.74) is 5.00. The van der Waals surface area contributed by atoms with E-state index in [4.69, 9.17) is 11.6 Å². The van der Waals surface area contributed by atoms with Crippen molar-refractivity contribution in [1.82, 2.24) is 0 Å². The van der Waals surface area contributed by atoms with Crippen LogP contribution in [0.15, 0.2) is 42.0 Å². The number of aryl methyl sites for hydroxylation is 1. The van der Waals surface area contributed by atoms with Crippen molar-refractivity contribution in [2.75, 3.05) is 5.32 Å². The summed E-state index contributed by atoms with van der Waals surface area (Å²) in [6, 6.07) is 11.1. The largest absolute Gasteiger partial charge is 0.321 e. The third-order valence-electron chi connectivity index (χ3n) is 4.25. The lowest BCUT2D eigenvalue weighted by Gasteiger charge is -2.04. The number of hydrogen-bond donors (Lipinski definition) is 1. The Balaban J connectivity index is 1.94. The van der Waals surface area contributed by atoms with E-state index in [0.29, 0.717) is 28.2 Å². The van der Waals surface area contributed by atoms with Crippen molar-refractivity contribution in [3.05, 3.63) is 69.2 Å². The second-order valence-electron chi connectivity index (χ2n) is 5.62. The van der Waals surface area contributed by atoms with Gasteiger partial charge in [0.05, 0.1) is 5.57 Å². The van der Waals surface area contributed by atoms with Crippen LogP contribution in [0.25, 0.3) is 5.57 Å². The number of carbonyl (C=O) groups is 2. The molecule has 108 valence electrons. The lowest BCUT2D eigenvalue weighted by molar-refractivity contribution is -0.110. The van der Waals surface area contributed by atoms with Gasteiger partial charge >= 0.3 is 0 Å². The Labute approximate surface area is 132 Å². The van der Waals surface area contributed by atoms with Crippen LogP contribution >= 0.6 is 11.6 Å². The third-order valence-corrected chi connectivity index (χ3v) is 4.66. The van der Waals surface area contributed by atoms with Crippen molar-refractivity contribution in [3.63, 3.8) is 0 Å². The van der Waals surface area contributed by atoms with E-state index in [-0.39, 0.29) is 11.7 Å². The van der Waals surface area contributed by atoms with Crippen molar-refractivity contribution >= 4 is 34.6 Å². The number of nitrogens with one attached hydrogen (secondary N) is 1. The summed E-state index contributed by atoms with van der Waals surface area (Å²) in [5, 5.41) is 3.43. The number of allylic oxidation sites excluding steroid dienone is 1. The Hall–Kier alpha value is -2.39. The topological polar surface area (TPSA) is 46.2 Å². The molecular formula is C18H12ClNO2. The highest BCUT2D eigenvalue weighted by atomic mass is 35.5. The number of carbonyl (C=O) groups excluding carboxylic acids is 2. The predicted molar refractivity (Wildman–Crippen MR) is 86.2 cm³/mol. The number of ketones is 1. The highest BCUT2D eigenvalue weighted by Crippen LogP contribution is 2.40. The van der Waals surface area contributed by atoms with E-state index in [1.807, 2.05) is 31.2 Å². The highest BCUT2D eigenvalue weighted by Gasteiger charge is 2.34. The SMILES string of the molecule is Cc1cc2c(cc1Cl)/C(=C1/Cc3ccccc3C1=O)C(=O)N2. The van der Waals surface area contributed by atoms with E-state index in [1.165, 1.54) is 0 Å². The molecule has 2 aromatic rings. The molecule has 1 aliphatic heterocycles. The predicted octanol–water partition coefficient (Wildman–Crippen LogP) is 3.79. The lowest BCUT2D eigenvalue weighted by Crippen LogP contribution is -2.09. The molecule has 0 fully saturated rings. The Morgan fingerprint density at radius 2 is 1.86 bits per heavy atom. The average Bonchev–Trinajstić information content (AvgIpc) is 2.97. The van der Waals surface area contributed by atoms with E-state index < -0.39 is 0 Å². The summed E-state index contributed by atoms with van der Waals surface area (Å²) < 4.78 is 0. The summed E-state index contributed by atoms with van der Waals surface area (Å²) in [5.74, 6) is -0.293. The summed E-state index contributed by atoms with van der Waals surface area (Å²) >= 11 is 6.19. The molecule has 2 aliphatic rings. The summed E-state index contributed by atoms with van der Waals surface area (Å²) in [7, 11) is 0. The molecule has 0 spiro atoms. The normalized spacial score (nSPS) is 19.2. The van der Waals surface area contributed by atoms with Crippen LogP contribution in [0.1, 0.15) is 27.0 Å². The maximum atomic E-state index is 12.6. The number of amides is 1. The Kier molecular flexibility index (Phi) is 2.75. The molecule has 3 nitrogen and oxygen atoms in total. The first kappa shape index (κ1) is 13.3. The average molecular weight is 310 g/mol. The van der Waals surface area contributed by atoms with Gasteiger partial charge in [-0.05, 0) is 30.2 Å². The fourth-order valence-electron chi connectivity index (χ4n) is 3.13. The van der Waals surface area contributed by atoms with E-state index in [9.17, 15) is 9.59 Å². The number of benzene rings is 2. The molecule has 0 saturated carbocycles. The lowest BCUT2D eigenvalue weighted by atomic mass is 9.97. The van der Waals surface area contributed by atoms with Gasteiger partial charge in [0.1, 0.15) is 0 Å². The Morgan fingerprint density at radius 1 is 1.09 bits per heavy atom. The third kappa shape index (κ3) is 1.76. The van der Waals surface area contributed by atoms with Gasteiger partial charge in [-0.15, -0.1) is 0 Å². The molecule has 4 heteroatoms. The van der Waals surface area contributed by atoms with Gasteiger partial charge in [-0.1, -0.05) is 35.9 Å². The zero-order valence-electron chi connectivity index (χ0n) is 11.9. The molecule has 0 atom stereocenters. The summed E-state index contributed by atoms with van der Waals surface area (Å²) in [6.45, 7) is 1.89. The summed E-state index contributed by atoms with van der Waals surface area (Å²) in [4.78, 5) is 25.0. The van der Waals surface area contributed by atoms with Crippen molar-refractivity contribution in [3.8, 4) is 0 Å². The van der Waals surface area contributed by atoms with Crippen LogP contribution in [0.3, 0.4) is 0 Å². The quantitative estimate of drug-likeness (QED) is 0.753. The fraction of sp³-hybridized carbons (Fsp3) is 0.111. The molecule has 2 aromatic carbocycles. The van der Waals surface area contributed by atoms with Crippen LogP contribution < -0.4 is 5.32 Å². The first-order valence-corrected chi connectivity index (χ1v) is 7.41. The second-order valence-corrected chi connectivity index (χ2v) is 6.02. The monoisotopic (exact) mass is 309 g/mol. The van der Waals surface area contributed by atoms with E-state index in [1.54, 1.807) is 12.1 Å². The molecule has 0 saturated heterocycles. The van der Waals surface area contributed by atoms with Gasteiger partial charge in [-0.25, -0.2) is 0 Å². The van der Waals surface area contributed by atoms with Crippen molar-refractivity contribution in [2.45, 2.75) is 13.3 Å². The van der Waals surface area contributed by atoms with Gasteiger partial charge in [-0.2, -0.15) is 0 Å². The van der Waals surface area contributed by atoms with Gasteiger partial charge in [0, 0.05) is 33.8 Å². The van der Waals surface area contributed by atoms with Crippen molar-refractivity contribution in [1.29, 1.82) is 0 Å². The van der Waals surface area contributed by atoms with Crippen LogP contribution in [0.2, 0.25) is 5.02 Å². The number of fused-ring (bicyclic) bond motifs is 2. The minimum Gasteiger partial charge on any atom is -0.321 e. The van der Waals surface area contributed by atoms with Gasteiger partial charge in [0.2, 0.25) is 0 Å².